The van der Waals surface area contributed by atoms with Crippen LogP contribution in [0.3, 0.4) is 0 Å². The molecule has 31 heavy (non-hydrogen) atoms. The van der Waals surface area contributed by atoms with E-state index in [-0.39, 0.29) is 5.91 Å². The molecule has 1 aliphatic carbocycles. The molecule has 2 aromatic heterocycles. The van der Waals surface area contributed by atoms with Crippen molar-refractivity contribution in [2.45, 2.75) is 63.3 Å². The van der Waals surface area contributed by atoms with Gasteiger partial charge in [-0.15, -0.1) is 0 Å². The maximum Gasteiger partial charge on any atom is 0.222 e. The van der Waals surface area contributed by atoms with Crippen LogP contribution in [0.15, 0.2) is 42.6 Å². The molecule has 3 aromatic rings. The zero-order valence-electron chi connectivity index (χ0n) is 18.0. The second-order valence-corrected chi connectivity index (χ2v) is 8.97. The van der Waals surface area contributed by atoms with Gasteiger partial charge >= 0.3 is 0 Å². The van der Waals surface area contributed by atoms with Crippen LogP contribution in [-0.4, -0.2) is 45.1 Å². The van der Waals surface area contributed by atoms with E-state index in [1.165, 1.54) is 37.7 Å². The van der Waals surface area contributed by atoms with Crippen LogP contribution < -0.4 is 5.32 Å². The molecule has 0 radical (unpaired) electrons. The molecule has 3 heterocycles. The number of H-pyrrole nitrogens is 1. The average Bonchev–Trinajstić information content (AvgIpc) is 3.47. The van der Waals surface area contributed by atoms with Crippen LogP contribution >= 0.6 is 0 Å². The highest BCUT2D eigenvalue weighted by Crippen LogP contribution is 2.29. The smallest absolute Gasteiger partial charge is 0.222 e. The maximum atomic E-state index is 12.9. The van der Waals surface area contributed by atoms with E-state index in [4.69, 9.17) is 0 Å². The number of hydrogen-bond acceptors (Lipinski definition) is 4. The monoisotopic (exact) mass is 417 g/mol. The Bertz CT molecular complexity index is 1020. The third kappa shape index (κ3) is 4.43. The molecule has 1 saturated heterocycles. The number of likely N-dealkylation sites (tertiary alicyclic amines) is 1. The minimum atomic E-state index is 0.229. The SMILES string of the molecule is O=C(CCc1[nH]nc2ccnc(NC3CCCCC3)c12)N1CCC(c2ccccc2)C1. The van der Waals surface area contributed by atoms with Crippen LogP contribution in [0, 0.1) is 0 Å². The fraction of sp³-hybridized carbons (Fsp3) is 0.480. The Morgan fingerprint density at radius 2 is 1.94 bits per heavy atom. The molecule has 1 saturated carbocycles. The van der Waals surface area contributed by atoms with E-state index in [0.29, 0.717) is 24.8 Å². The van der Waals surface area contributed by atoms with Crippen molar-refractivity contribution >= 4 is 22.6 Å². The largest absolute Gasteiger partial charge is 0.367 e. The number of aromatic nitrogens is 3. The number of pyridine rings is 1. The molecular formula is C25H31N5O. The number of nitrogens with zero attached hydrogens (tertiary/aromatic N) is 3. The maximum absolute atomic E-state index is 12.9. The lowest BCUT2D eigenvalue weighted by Crippen LogP contribution is -2.28. The first kappa shape index (κ1) is 20.0. The Kier molecular flexibility index (Phi) is 5.87. The molecule has 1 aromatic carbocycles. The predicted octanol–water partition coefficient (Wildman–Crippen LogP) is 4.65. The summed E-state index contributed by atoms with van der Waals surface area (Å²) in [5.41, 5.74) is 3.26. The second-order valence-electron chi connectivity index (χ2n) is 8.97. The van der Waals surface area contributed by atoms with Crippen molar-refractivity contribution in [1.29, 1.82) is 0 Å². The van der Waals surface area contributed by atoms with Gasteiger partial charge in [0.2, 0.25) is 5.91 Å². The molecule has 2 N–H and O–H groups in total. The Morgan fingerprint density at radius 3 is 2.77 bits per heavy atom. The number of anilines is 1. The van der Waals surface area contributed by atoms with E-state index in [1.807, 2.05) is 23.2 Å². The summed E-state index contributed by atoms with van der Waals surface area (Å²) in [5.74, 6) is 1.59. The molecule has 1 atom stereocenters. The van der Waals surface area contributed by atoms with Crippen molar-refractivity contribution in [3.05, 3.63) is 53.9 Å². The Labute approximate surface area is 183 Å². The number of carbonyl (C=O) groups excluding carboxylic acids is 1. The summed E-state index contributed by atoms with van der Waals surface area (Å²) in [6, 6.07) is 13.0. The minimum Gasteiger partial charge on any atom is -0.367 e. The lowest BCUT2D eigenvalue weighted by Gasteiger charge is -2.23. The summed E-state index contributed by atoms with van der Waals surface area (Å²) >= 11 is 0. The van der Waals surface area contributed by atoms with Gasteiger partial charge < -0.3 is 10.2 Å². The van der Waals surface area contributed by atoms with Gasteiger partial charge in [0.25, 0.3) is 0 Å². The van der Waals surface area contributed by atoms with Crippen LogP contribution in [0.2, 0.25) is 0 Å². The summed E-state index contributed by atoms with van der Waals surface area (Å²) in [6.45, 7) is 1.67. The zero-order chi connectivity index (χ0) is 21.0. The van der Waals surface area contributed by atoms with Gasteiger partial charge in [0, 0.05) is 43.4 Å². The van der Waals surface area contributed by atoms with E-state index in [2.05, 4.69) is 44.8 Å². The van der Waals surface area contributed by atoms with Crippen molar-refractivity contribution in [3.8, 4) is 0 Å². The van der Waals surface area contributed by atoms with Gasteiger partial charge in [-0.2, -0.15) is 5.10 Å². The normalized spacial score (nSPS) is 19.7. The third-order valence-corrected chi connectivity index (χ3v) is 6.89. The molecule has 6 heteroatoms. The molecule has 0 spiro atoms. The van der Waals surface area contributed by atoms with Gasteiger partial charge in [-0.25, -0.2) is 4.98 Å². The first-order valence-corrected chi connectivity index (χ1v) is 11.7. The highest BCUT2D eigenvalue weighted by molar-refractivity contribution is 5.92. The predicted molar refractivity (Wildman–Crippen MR) is 123 cm³/mol. The van der Waals surface area contributed by atoms with Crippen LogP contribution in [-0.2, 0) is 11.2 Å². The van der Waals surface area contributed by atoms with Crippen LogP contribution in [0.25, 0.3) is 10.9 Å². The van der Waals surface area contributed by atoms with Crippen molar-refractivity contribution in [3.63, 3.8) is 0 Å². The van der Waals surface area contributed by atoms with Crippen molar-refractivity contribution in [2.24, 2.45) is 0 Å². The molecule has 6 nitrogen and oxygen atoms in total. The summed E-state index contributed by atoms with van der Waals surface area (Å²) in [6.07, 6.45) is 10.3. The molecular weight excluding hydrogens is 386 g/mol. The molecule has 2 aliphatic rings. The number of fused-ring (bicyclic) bond motifs is 1. The van der Waals surface area contributed by atoms with E-state index in [0.717, 1.165) is 41.9 Å². The highest BCUT2D eigenvalue weighted by Gasteiger charge is 2.27. The first-order valence-electron chi connectivity index (χ1n) is 11.7. The van der Waals surface area contributed by atoms with Gasteiger partial charge in [-0.3, -0.25) is 9.89 Å². The van der Waals surface area contributed by atoms with Crippen molar-refractivity contribution < 1.29 is 4.79 Å². The fourth-order valence-corrected chi connectivity index (χ4v) is 5.13. The second kappa shape index (κ2) is 9.08. The number of benzene rings is 1. The molecule has 1 unspecified atom stereocenters. The minimum absolute atomic E-state index is 0.229. The summed E-state index contributed by atoms with van der Waals surface area (Å²) < 4.78 is 0. The lowest BCUT2D eigenvalue weighted by atomic mass is 9.95. The van der Waals surface area contributed by atoms with Gasteiger partial charge in [-0.05, 0) is 37.3 Å². The van der Waals surface area contributed by atoms with Gasteiger partial charge in [-0.1, -0.05) is 49.6 Å². The molecule has 1 amide bonds. The number of rotatable bonds is 6. The fourth-order valence-electron chi connectivity index (χ4n) is 5.13. The average molecular weight is 418 g/mol. The molecule has 1 aliphatic heterocycles. The van der Waals surface area contributed by atoms with Gasteiger partial charge in [0.1, 0.15) is 5.82 Å². The number of amides is 1. The Balaban J connectivity index is 1.24. The van der Waals surface area contributed by atoms with E-state index in [9.17, 15) is 4.79 Å². The summed E-state index contributed by atoms with van der Waals surface area (Å²) in [4.78, 5) is 19.6. The summed E-state index contributed by atoms with van der Waals surface area (Å²) in [7, 11) is 0. The molecule has 162 valence electrons. The Morgan fingerprint density at radius 1 is 1.10 bits per heavy atom. The van der Waals surface area contributed by atoms with Crippen LogP contribution in [0.5, 0.6) is 0 Å². The quantitative estimate of drug-likeness (QED) is 0.612. The topological polar surface area (TPSA) is 73.9 Å². The standard InChI is InChI=1S/C25H31N5O/c31-23(30-16-14-19(17-30)18-7-3-1-4-8-18)12-11-21-24-22(29-28-21)13-15-26-25(24)27-20-9-5-2-6-10-20/h1,3-4,7-8,13,15,19-20H,2,5-6,9-12,14,16-17H2,(H,26,27)(H,28,29). The molecule has 2 fully saturated rings. The van der Waals surface area contributed by atoms with Crippen LogP contribution in [0.4, 0.5) is 5.82 Å². The number of nitrogens with one attached hydrogen (secondary N) is 2. The number of hydrogen-bond donors (Lipinski definition) is 2. The molecule has 0 bridgehead atoms. The first-order chi connectivity index (χ1) is 15.3. The Hall–Kier alpha value is -2.89. The van der Waals surface area contributed by atoms with Gasteiger partial charge in [0.15, 0.2) is 0 Å². The molecule has 5 rings (SSSR count). The van der Waals surface area contributed by atoms with Crippen molar-refractivity contribution in [1.82, 2.24) is 20.1 Å². The van der Waals surface area contributed by atoms with Gasteiger partial charge in [0.05, 0.1) is 10.9 Å². The van der Waals surface area contributed by atoms with Crippen LogP contribution in [0.1, 0.15) is 62.1 Å². The third-order valence-electron chi connectivity index (χ3n) is 6.89. The van der Waals surface area contributed by atoms with Crippen molar-refractivity contribution in [2.75, 3.05) is 18.4 Å². The number of carbonyl (C=O) groups is 1. The zero-order valence-corrected chi connectivity index (χ0v) is 18.0. The van der Waals surface area contributed by atoms with E-state index in [1.54, 1.807) is 0 Å². The highest BCUT2D eigenvalue weighted by atomic mass is 16.2. The number of aromatic amines is 1. The lowest BCUT2D eigenvalue weighted by molar-refractivity contribution is -0.130. The van der Waals surface area contributed by atoms with E-state index < -0.39 is 0 Å². The summed E-state index contributed by atoms with van der Waals surface area (Å²) in [5, 5.41) is 12.3. The number of aryl methyl sites for hydroxylation is 1. The van der Waals surface area contributed by atoms with E-state index >= 15 is 0 Å².